The number of hydrogen-bond acceptors (Lipinski definition) is 2. The second-order valence-corrected chi connectivity index (χ2v) is 6.11. The molecule has 0 unspecified atom stereocenters. The van der Waals surface area contributed by atoms with E-state index in [4.69, 9.17) is 5.11 Å². The monoisotopic (exact) mass is 272 g/mol. The number of carboxylic acids is 1. The predicted molar refractivity (Wildman–Crippen MR) is 78.7 cm³/mol. The van der Waals surface area contributed by atoms with Crippen molar-refractivity contribution in [2.45, 2.75) is 40.0 Å². The molecule has 1 aromatic carbocycles. The average Bonchev–Trinajstić information content (AvgIpc) is 2.70. The molecule has 0 saturated carbocycles. The van der Waals surface area contributed by atoms with Crippen molar-refractivity contribution >= 4 is 5.97 Å². The van der Waals surface area contributed by atoms with Crippen LogP contribution in [0.1, 0.15) is 48.0 Å². The SMILES string of the molecule is Cc1ccc(C(C)(C)C)cc1-n1ncc(C(=O)O)c1C. The Morgan fingerprint density at radius 1 is 1.25 bits per heavy atom. The molecule has 0 fully saturated rings. The second-order valence-electron chi connectivity index (χ2n) is 6.11. The van der Waals surface area contributed by atoms with Crippen molar-refractivity contribution in [2.75, 3.05) is 0 Å². The molecular formula is C16H20N2O2. The molecule has 4 nitrogen and oxygen atoms in total. The van der Waals surface area contributed by atoms with E-state index in [2.05, 4.69) is 44.1 Å². The third kappa shape index (κ3) is 2.46. The second kappa shape index (κ2) is 4.78. The number of nitrogens with zero attached hydrogens (tertiary/aromatic N) is 2. The van der Waals surface area contributed by atoms with Crippen molar-refractivity contribution < 1.29 is 9.90 Å². The molecule has 0 atom stereocenters. The lowest BCUT2D eigenvalue weighted by Gasteiger charge is -2.21. The van der Waals surface area contributed by atoms with Crippen LogP contribution in [0.25, 0.3) is 5.69 Å². The summed E-state index contributed by atoms with van der Waals surface area (Å²) in [5.41, 5.74) is 4.13. The average molecular weight is 272 g/mol. The molecule has 0 aliphatic heterocycles. The summed E-state index contributed by atoms with van der Waals surface area (Å²) in [6.07, 6.45) is 1.40. The van der Waals surface area contributed by atoms with Crippen molar-refractivity contribution in [1.29, 1.82) is 0 Å². The normalized spacial score (nSPS) is 11.7. The first kappa shape index (κ1) is 14.3. The highest BCUT2D eigenvalue weighted by Crippen LogP contribution is 2.27. The molecule has 0 saturated heterocycles. The van der Waals surface area contributed by atoms with E-state index in [0.717, 1.165) is 11.3 Å². The lowest BCUT2D eigenvalue weighted by atomic mass is 9.86. The number of hydrogen-bond donors (Lipinski definition) is 1. The summed E-state index contributed by atoms with van der Waals surface area (Å²) < 4.78 is 1.70. The molecule has 1 N–H and O–H groups in total. The van der Waals surface area contributed by atoms with Gasteiger partial charge in [-0.05, 0) is 36.5 Å². The molecular weight excluding hydrogens is 252 g/mol. The number of aromatic nitrogens is 2. The van der Waals surface area contributed by atoms with Crippen LogP contribution in [0.15, 0.2) is 24.4 Å². The predicted octanol–water partition coefficient (Wildman–Crippen LogP) is 3.48. The molecule has 20 heavy (non-hydrogen) atoms. The largest absolute Gasteiger partial charge is 0.478 e. The fraction of sp³-hybridized carbons (Fsp3) is 0.375. The first-order chi connectivity index (χ1) is 9.21. The molecule has 0 aliphatic carbocycles. The minimum atomic E-state index is -0.946. The van der Waals surface area contributed by atoms with Gasteiger partial charge in [-0.3, -0.25) is 0 Å². The summed E-state index contributed by atoms with van der Waals surface area (Å²) in [4.78, 5) is 11.1. The molecule has 0 aliphatic rings. The van der Waals surface area contributed by atoms with Crippen LogP contribution in [0.5, 0.6) is 0 Å². The van der Waals surface area contributed by atoms with Crippen molar-refractivity contribution in [3.8, 4) is 5.69 Å². The quantitative estimate of drug-likeness (QED) is 0.910. The Balaban J connectivity index is 2.61. The van der Waals surface area contributed by atoms with E-state index in [9.17, 15) is 4.79 Å². The molecule has 0 radical (unpaired) electrons. The highest BCUT2D eigenvalue weighted by molar-refractivity contribution is 5.88. The fourth-order valence-electron chi connectivity index (χ4n) is 2.17. The maximum Gasteiger partial charge on any atom is 0.339 e. The van der Waals surface area contributed by atoms with Gasteiger partial charge in [0.1, 0.15) is 5.56 Å². The van der Waals surface area contributed by atoms with E-state index in [1.807, 2.05) is 6.92 Å². The third-order valence-corrected chi connectivity index (χ3v) is 3.54. The summed E-state index contributed by atoms with van der Waals surface area (Å²) in [5, 5.41) is 13.4. The Labute approximate surface area is 119 Å². The minimum absolute atomic E-state index is 0.0408. The van der Waals surface area contributed by atoms with Gasteiger partial charge in [0.15, 0.2) is 0 Å². The topological polar surface area (TPSA) is 55.1 Å². The van der Waals surface area contributed by atoms with Crippen molar-refractivity contribution in [3.63, 3.8) is 0 Å². The van der Waals surface area contributed by atoms with Gasteiger partial charge in [-0.25, -0.2) is 9.48 Å². The Hall–Kier alpha value is -2.10. The van der Waals surface area contributed by atoms with Gasteiger partial charge in [-0.15, -0.1) is 0 Å². The van der Waals surface area contributed by atoms with Crippen LogP contribution in [0, 0.1) is 13.8 Å². The van der Waals surface area contributed by atoms with Gasteiger partial charge >= 0.3 is 5.97 Å². The van der Waals surface area contributed by atoms with Gasteiger partial charge in [0.2, 0.25) is 0 Å². The zero-order chi connectivity index (χ0) is 15.1. The summed E-state index contributed by atoms with van der Waals surface area (Å²) in [6.45, 7) is 10.2. The standard InChI is InChI=1S/C16H20N2O2/c1-10-6-7-12(16(3,4)5)8-14(10)18-11(2)13(9-17-18)15(19)20/h6-9H,1-5H3,(H,19,20). The summed E-state index contributed by atoms with van der Waals surface area (Å²) in [7, 11) is 0. The molecule has 0 spiro atoms. The van der Waals surface area contributed by atoms with Crippen LogP contribution in [0.4, 0.5) is 0 Å². The Morgan fingerprint density at radius 3 is 2.40 bits per heavy atom. The Morgan fingerprint density at radius 2 is 1.90 bits per heavy atom. The van der Waals surface area contributed by atoms with Gasteiger partial charge in [-0.2, -0.15) is 5.10 Å². The highest BCUT2D eigenvalue weighted by Gasteiger charge is 2.18. The summed E-state index contributed by atoms with van der Waals surface area (Å²) in [5.74, 6) is -0.946. The molecule has 4 heteroatoms. The zero-order valence-electron chi connectivity index (χ0n) is 12.6. The van der Waals surface area contributed by atoms with Gasteiger partial charge in [-0.1, -0.05) is 32.9 Å². The van der Waals surface area contributed by atoms with E-state index in [1.165, 1.54) is 11.8 Å². The number of rotatable bonds is 2. The fourth-order valence-corrected chi connectivity index (χ4v) is 2.17. The Kier molecular flexibility index (Phi) is 3.42. The Bertz CT molecular complexity index is 664. The molecule has 2 rings (SSSR count). The van der Waals surface area contributed by atoms with Crippen LogP contribution in [0.3, 0.4) is 0 Å². The first-order valence-electron chi connectivity index (χ1n) is 6.61. The van der Waals surface area contributed by atoms with Crippen molar-refractivity contribution in [3.05, 3.63) is 46.8 Å². The van der Waals surface area contributed by atoms with Crippen molar-refractivity contribution in [1.82, 2.24) is 9.78 Å². The van der Waals surface area contributed by atoms with E-state index < -0.39 is 5.97 Å². The van der Waals surface area contributed by atoms with Crippen LogP contribution < -0.4 is 0 Å². The van der Waals surface area contributed by atoms with Gasteiger partial charge < -0.3 is 5.11 Å². The van der Waals surface area contributed by atoms with E-state index >= 15 is 0 Å². The third-order valence-electron chi connectivity index (χ3n) is 3.54. The van der Waals surface area contributed by atoms with Gasteiger partial charge in [0, 0.05) is 0 Å². The molecule has 106 valence electrons. The van der Waals surface area contributed by atoms with Crippen molar-refractivity contribution in [2.24, 2.45) is 0 Å². The molecule has 1 heterocycles. The number of carbonyl (C=O) groups is 1. The summed E-state index contributed by atoms with van der Waals surface area (Å²) >= 11 is 0. The number of benzene rings is 1. The van der Waals surface area contributed by atoms with E-state index in [0.29, 0.717) is 5.69 Å². The lowest BCUT2D eigenvalue weighted by molar-refractivity contribution is 0.0696. The van der Waals surface area contributed by atoms with Crippen LogP contribution in [0.2, 0.25) is 0 Å². The molecule has 0 amide bonds. The molecule has 2 aromatic rings. The molecule has 1 aromatic heterocycles. The van der Waals surface area contributed by atoms with Gasteiger partial charge in [0.05, 0.1) is 17.6 Å². The maximum atomic E-state index is 11.1. The van der Waals surface area contributed by atoms with Crippen LogP contribution >= 0.6 is 0 Å². The van der Waals surface area contributed by atoms with Crippen LogP contribution in [-0.2, 0) is 5.41 Å². The number of carboxylic acid groups (broad SMARTS) is 1. The highest BCUT2D eigenvalue weighted by atomic mass is 16.4. The first-order valence-corrected chi connectivity index (χ1v) is 6.61. The molecule has 0 bridgehead atoms. The van der Waals surface area contributed by atoms with E-state index in [1.54, 1.807) is 11.6 Å². The smallest absolute Gasteiger partial charge is 0.339 e. The number of aromatic carboxylic acids is 1. The van der Waals surface area contributed by atoms with Crippen LogP contribution in [-0.4, -0.2) is 20.9 Å². The van der Waals surface area contributed by atoms with Gasteiger partial charge in [0.25, 0.3) is 0 Å². The maximum absolute atomic E-state index is 11.1. The number of aryl methyl sites for hydroxylation is 1. The minimum Gasteiger partial charge on any atom is -0.478 e. The zero-order valence-corrected chi connectivity index (χ0v) is 12.6. The summed E-state index contributed by atoms with van der Waals surface area (Å²) in [6, 6.07) is 6.24. The van der Waals surface area contributed by atoms with E-state index in [-0.39, 0.29) is 11.0 Å². The lowest BCUT2D eigenvalue weighted by Crippen LogP contribution is -2.13.